The summed E-state index contributed by atoms with van der Waals surface area (Å²) in [6.07, 6.45) is 1.42. The van der Waals surface area contributed by atoms with Gasteiger partial charge in [0.2, 0.25) is 0 Å². The Kier molecular flexibility index (Phi) is 2.42. The predicted molar refractivity (Wildman–Crippen MR) is 66.7 cm³/mol. The van der Waals surface area contributed by atoms with Gasteiger partial charge < -0.3 is 5.11 Å². The predicted octanol–water partition coefficient (Wildman–Crippen LogP) is 1.64. The van der Waals surface area contributed by atoms with Crippen molar-refractivity contribution in [1.82, 2.24) is 4.98 Å². The number of imide groups is 1. The fourth-order valence-corrected chi connectivity index (χ4v) is 2.64. The molecule has 2 aromatic heterocycles. The molecule has 0 radical (unpaired) electrons. The highest BCUT2D eigenvalue weighted by atomic mass is 32.1. The molecule has 0 unspecified atom stereocenters. The van der Waals surface area contributed by atoms with Gasteiger partial charge in [-0.05, 0) is 23.6 Å². The van der Waals surface area contributed by atoms with Crippen LogP contribution in [0.3, 0.4) is 0 Å². The van der Waals surface area contributed by atoms with E-state index in [1.165, 1.54) is 23.7 Å². The first-order valence-electron chi connectivity index (χ1n) is 5.26. The summed E-state index contributed by atoms with van der Waals surface area (Å²) in [4.78, 5) is 40.0. The number of carbonyl (C=O) groups excluding carboxylic acids is 2. The van der Waals surface area contributed by atoms with E-state index in [0.717, 1.165) is 16.2 Å². The number of anilines is 1. The van der Waals surface area contributed by atoms with Crippen LogP contribution in [0.15, 0.2) is 29.8 Å². The lowest BCUT2D eigenvalue weighted by Crippen LogP contribution is -2.30. The van der Waals surface area contributed by atoms with E-state index in [1.807, 2.05) is 0 Å². The molecule has 0 saturated carbocycles. The second-order valence-electron chi connectivity index (χ2n) is 3.79. The van der Waals surface area contributed by atoms with Gasteiger partial charge in [-0.25, -0.2) is 9.69 Å². The van der Waals surface area contributed by atoms with Gasteiger partial charge in [-0.15, -0.1) is 11.3 Å². The van der Waals surface area contributed by atoms with E-state index in [-0.39, 0.29) is 21.8 Å². The quantitative estimate of drug-likeness (QED) is 0.841. The first kappa shape index (κ1) is 11.5. The van der Waals surface area contributed by atoms with Crippen LogP contribution in [0, 0.1) is 0 Å². The Morgan fingerprint density at radius 1 is 1.26 bits per heavy atom. The molecule has 0 bridgehead atoms. The molecule has 19 heavy (non-hydrogen) atoms. The molecule has 0 saturated heterocycles. The Morgan fingerprint density at radius 3 is 2.74 bits per heavy atom. The van der Waals surface area contributed by atoms with Crippen LogP contribution >= 0.6 is 11.3 Å². The molecule has 0 spiro atoms. The number of thiophene rings is 1. The van der Waals surface area contributed by atoms with Gasteiger partial charge in [0.25, 0.3) is 11.8 Å². The van der Waals surface area contributed by atoms with Crippen LogP contribution in [-0.2, 0) is 0 Å². The Morgan fingerprint density at radius 2 is 2.05 bits per heavy atom. The average Bonchev–Trinajstić information content (AvgIpc) is 2.95. The van der Waals surface area contributed by atoms with Crippen LogP contribution in [0.25, 0.3) is 0 Å². The summed E-state index contributed by atoms with van der Waals surface area (Å²) < 4.78 is 0. The number of rotatable bonds is 2. The molecule has 6 nitrogen and oxygen atoms in total. The lowest BCUT2D eigenvalue weighted by molar-refractivity contribution is 0.0703. The van der Waals surface area contributed by atoms with Crippen molar-refractivity contribution >= 4 is 34.8 Å². The van der Waals surface area contributed by atoms with Crippen molar-refractivity contribution in [2.75, 3.05) is 4.90 Å². The molecule has 7 heteroatoms. The van der Waals surface area contributed by atoms with Crippen LogP contribution in [0.1, 0.15) is 30.5 Å². The highest BCUT2D eigenvalue weighted by Gasteiger charge is 2.39. The minimum Gasteiger partial charge on any atom is -0.477 e. The Bertz CT molecular complexity index is 687. The number of amides is 2. The van der Waals surface area contributed by atoms with Crippen molar-refractivity contribution in [3.05, 3.63) is 45.9 Å². The number of carboxylic acid groups (broad SMARTS) is 1. The van der Waals surface area contributed by atoms with Crippen molar-refractivity contribution in [3.63, 3.8) is 0 Å². The lowest BCUT2D eigenvalue weighted by Gasteiger charge is -2.12. The van der Waals surface area contributed by atoms with Gasteiger partial charge in [0.05, 0.1) is 11.3 Å². The summed E-state index contributed by atoms with van der Waals surface area (Å²) in [7, 11) is 0. The van der Waals surface area contributed by atoms with Gasteiger partial charge in [0.1, 0.15) is 10.6 Å². The Labute approximate surface area is 110 Å². The van der Waals surface area contributed by atoms with E-state index < -0.39 is 17.8 Å². The monoisotopic (exact) mass is 274 g/mol. The van der Waals surface area contributed by atoms with E-state index in [1.54, 1.807) is 6.07 Å². The number of fused-ring (bicyclic) bond motifs is 1. The van der Waals surface area contributed by atoms with Crippen molar-refractivity contribution < 1.29 is 19.5 Å². The number of aromatic carboxylic acids is 1. The average molecular weight is 274 g/mol. The fourth-order valence-electron chi connectivity index (χ4n) is 1.92. The van der Waals surface area contributed by atoms with E-state index in [4.69, 9.17) is 5.11 Å². The van der Waals surface area contributed by atoms with Crippen LogP contribution < -0.4 is 4.90 Å². The summed E-state index contributed by atoms with van der Waals surface area (Å²) in [5.41, 5.74) is 0.329. The van der Waals surface area contributed by atoms with Crippen molar-refractivity contribution in [1.29, 1.82) is 0 Å². The topological polar surface area (TPSA) is 87.6 Å². The van der Waals surface area contributed by atoms with Gasteiger partial charge in [-0.1, -0.05) is 0 Å². The van der Waals surface area contributed by atoms with Crippen LogP contribution in [0.5, 0.6) is 0 Å². The highest BCUT2D eigenvalue weighted by Crippen LogP contribution is 2.32. The van der Waals surface area contributed by atoms with E-state index in [2.05, 4.69) is 4.98 Å². The second-order valence-corrected chi connectivity index (χ2v) is 4.70. The number of hydrogen-bond donors (Lipinski definition) is 1. The molecule has 3 rings (SSSR count). The molecule has 0 aromatic carbocycles. The van der Waals surface area contributed by atoms with Gasteiger partial charge in [0.15, 0.2) is 0 Å². The van der Waals surface area contributed by atoms with Gasteiger partial charge in [0, 0.05) is 6.20 Å². The van der Waals surface area contributed by atoms with Gasteiger partial charge in [-0.2, -0.15) is 0 Å². The fraction of sp³-hybridized carbons (Fsp3) is 0. The number of carboxylic acids is 1. The second kappa shape index (κ2) is 3.99. The zero-order valence-corrected chi connectivity index (χ0v) is 10.2. The first-order valence-corrected chi connectivity index (χ1v) is 6.14. The molecule has 1 aliphatic rings. The van der Waals surface area contributed by atoms with Crippen LogP contribution in [-0.4, -0.2) is 27.9 Å². The van der Waals surface area contributed by atoms with Crippen molar-refractivity contribution in [2.45, 2.75) is 0 Å². The smallest absolute Gasteiger partial charge is 0.348 e. The van der Waals surface area contributed by atoms with Crippen molar-refractivity contribution in [3.8, 4) is 0 Å². The molecule has 1 aliphatic heterocycles. The summed E-state index contributed by atoms with van der Waals surface area (Å²) in [5, 5.41) is 10.6. The van der Waals surface area contributed by atoms with Crippen molar-refractivity contribution in [2.24, 2.45) is 0 Å². The van der Waals surface area contributed by atoms with Crippen LogP contribution in [0.2, 0.25) is 0 Å². The molecular formula is C12H6N2O4S. The number of carbonyl (C=O) groups is 3. The molecule has 94 valence electrons. The molecule has 1 N–H and O–H groups in total. The van der Waals surface area contributed by atoms with Gasteiger partial charge in [-0.3, -0.25) is 14.6 Å². The molecule has 2 amide bonds. The van der Waals surface area contributed by atoms with Crippen LogP contribution in [0.4, 0.5) is 5.69 Å². The summed E-state index contributed by atoms with van der Waals surface area (Å²) in [5.74, 6) is -2.31. The van der Waals surface area contributed by atoms with Gasteiger partial charge >= 0.3 is 5.97 Å². The number of nitrogens with zero attached hydrogens (tertiary/aromatic N) is 2. The maximum Gasteiger partial charge on any atom is 0.348 e. The molecule has 3 heterocycles. The normalized spacial score (nSPS) is 13.8. The number of aromatic nitrogens is 1. The zero-order chi connectivity index (χ0) is 13.6. The maximum absolute atomic E-state index is 12.2. The standard InChI is InChI=1S/C12H6N2O4S/c15-10-6-2-1-4-13-8(6)11(16)14(10)7-3-5-19-9(7)12(17)18/h1-5H,(H,17,18). The minimum absolute atomic E-state index is 0.0468. The summed E-state index contributed by atoms with van der Waals surface area (Å²) >= 11 is 0.961. The molecule has 2 aromatic rings. The number of pyridine rings is 1. The molecule has 0 atom stereocenters. The third-order valence-corrected chi connectivity index (χ3v) is 3.62. The summed E-state index contributed by atoms with van der Waals surface area (Å²) in [6.45, 7) is 0. The molecule has 0 fully saturated rings. The number of hydrogen-bond acceptors (Lipinski definition) is 5. The zero-order valence-electron chi connectivity index (χ0n) is 9.36. The molecular weight excluding hydrogens is 268 g/mol. The maximum atomic E-state index is 12.2. The molecule has 0 aliphatic carbocycles. The lowest BCUT2D eigenvalue weighted by atomic mass is 10.2. The largest absolute Gasteiger partial charge is 0.477 e. The Hall–Kier alpha value is -2.54. The minimum atomic E-state index is -1.17. The van der Waals surface area contributed by atoms with E-state index >= 15 is 0 Å². The SMILES string of the molecule is O=C(O)c1sccc1N1C(=O)c2cccnc2C1=O. The first-order chi connectivity index (χ1) is 9.11. The van der Waals surface area contributed by atoms with E-state index in [9.17, 15) is 14.4 Å². The third kappa shape index (κ3) is 1.55. The highest BCUT2D eigenvalue weighted by molar-refractivity contribution is 7.12. The third-order valence-electron chi connectivity index (χ3n) is 2.73. The summed E-state index contributed by atoms with van der Waals surface area (Å²) in [6, 6.07) is 4.49. The van der Waals surface area contributed by atoms with E-state index in [0.29, 0.717) is 0 Å². The Balaban J connectivity index is 2.14.